The SMILES string of the molecule is COc1c(C)cc2c(c1-c1c(OP)ccc3c1CCCC3)CCCC2.COc1c(C)cc2ccccc2c1-c1c(OP)ccc2ccccc12.COc1ccc2c(c1-c1c3c(cc(C)c1OP)CCCC3)CCCC2.COc1ccc2ccccc2c1-c1c(OP)c(C)cc2ccccc12.COc1cccc2cccc(-c3ccccc3)c12. The lowest BCUT2D eigenvalue weighted by Crippen LogP contribution is -2.11. The molecule has 118 heavy (non-hydrogen) atoms. The summed E-state index contributed by atoms with van der Waals surface area (Å²) in [5.74, 6) is 8.31. The van der Waals surface area contributed by atoms with Crippen LogP contribution in [0.15, 0.2) is 237 Å². The molecule has 4 aliphatic rings. The van der Waals surface area contributed by atoms with E-state index < -0.39 is 0 Å². The van der Waals surface area contributed by atoms with Crippen LogP contribution in [0, 0.1) is 27.7 Å². The molecule has 0 bridgehead atoms. The van der Waals surface area contributed by atoms with Gasteiger partial charge < -0.3 is 41.8 Å². The maximum Gasteiger partial charge on any atom is 0.134 e. The van der Waals surface area contributed by atoms with Gasteiger partial charge in [-0.25, -0.2) is 0 Å². The number of methoxy groups -OCH3 is 5. The molecule has 0 aromatic heterocycles. The maximum atomic E-state index is 5.92. The molecule has 0 radical (unpaired) electrons. The summed E-state index contributed by atoms with van der Waals surface area (Å²) in [6.07, 6.45) is 19.5. The van der Waals surface area contributed by atoms with Gasteiger partial charge in [0.15, 0.2) is 0 Å². The molecule has 0 saturated heterocycles. The number of rotatable bonds is 14. The van der Waals surface area contributed by atoms with Gasteiger partial charge in [-0.05, 0) is 299 Å². The Balaban J connectivity index is 0.000000116. The summed E-state index contributed by atoms with van der Waals surface area (Å²) in [6.45, 7) is 8.50. The van der Waals surface area contributed by atoms with Crippen molar-refractivity contribution in [3.8, 4) is 107 Å². The van der Waals surface area contributed by atoms with E-state index in [1.807, 2.05) is 30.3 Å². The van der Waals surface area contributed by atoms with Crippen molar-refractivity contribution in [2.75, 3.05) is 35.5 Å². The molecule has 0 heterocycles. The second-order valence-electron chi connectivity index (χ2n) is 31.1. The number of aryl methyl sites for hydroxylation is 8. The van der Waals surface area contributed by atoms with Gasteiger partial charge in [-0.15, -0.1) is 0 Å². The van der Waals surface area contributed by atoms with E-state index in [9.17, 15) is 0 Å². The van der Waals surface area contributed by atoms with Gasteiger partial charge in [0.2, 0.25) is 0 Å². The van der Waals surface area contributed by atoms with Gasteiger partial charge in [-0.2, -0.15) is 0 Å². The third kappa shape index (κ3) is 16.6. The minimum atomic E-state index is 0.817. The van der Waals surface area contributed by atoms with Crippen molar-refractivity contribution in [1.82, 2.24) is 0 Å². The minimum absolute atomic E-state index is 0.817. The highest BCUT2D eigenvalue weighted by Crippen LogP contribution is 2.53. The van der Waals surface area contributed by atoms with E-state index >= 15 is 0 Å². The van der Waals surface area contributed by atoms with Gasteiger partial charge in [0, 0.05) is 49.9 Å². The second kappa shape index (κ2) is 38.1. The number of fused-ring (bicyclic) bond motifs is 9. The van der Waals surface area contributed by atoms with Gasteiger partial charge in [0.25, 0.3) is 0 Å². The Hall–Kier alpha value is -10.5. The molecule has 0 spiro atoms. The Labute approximate surface area is 705 Å². The van der Waals surface area contributed by atoms with Crippen molar-refractivity contribution >= 4 is 91.7 Å². The standard InChI is InChI=1S/C22H27O2P.C22H19O2P.C22H27O2P.C22H19O2P.C17H14O/c2*1-14-13-16-8-4-6-10-18(16)21(22(14)23-2)20-17-9-5-3-7-15(17)11-12-19(20)24-25;2*1-14-13-16-8-4-6-10-18(16)21(22(14)24-25)20-17-9-5-3-7-15(17)11-12-19(20)23-2;1-18-16-12-6-10-14-9-5-11-15(17(14)16)13-7-3-2-4-8-13/h11-13H,3-10,25H2,1-2H3;3-13H,25H2,1-2H3;11-13H,3-10,25H2,1-2H3;3-13H,25H2,1-2H3;2-12H,1H3. The Bertz CT molecular complexity index is 5880. The lowest BCUT2D eigenvalue weighted by atomic mass is 9.79. The van der Waals surface area contributed by atoms with E-state index in [-0.39, 0.29) is 0 Å². The predicted molar refractivity (Wildman–Crippen MR) is 507 cm³/mol. The zero-order valence-corrected chi connectivity index (χ0v) is 73.9. The van der Waals surface area contributed by atoms with Crippen LogP contribution >= 0.6 is 37.9 Å². The Morgan fingerprint density at radius 1 is 0.229 bits per heavy atom. The largest absolute Gasteiger partial charge is 0.496 e. The fourth-order valence-electron chi connectivity index (χ4n) is 18.9. The number of benzene rings is 15. The molecular weight excluding hydrogens is 1530 g/mol. The second-order valence-corrected chi connectivity index (χ2v) is 32.1. The summed E-state index contributed by atoms with van der Waals surface area (Å²) >= 11 is 0. The van der Waals surface area contributed by atoms with E-state index in [0.29, 0.717) is 0 Å². The molecule has 0 N–H and O–H groups in total. The summed E-state index contributed by atoms with van der Waals surface area (Å²) in [7, 11) is 18.4. The van der Waals surface area contributed by atoms with Gasteiger partial charge in [-0.1, -0.05) is 194 Å². The first-order valence-electron chi connectivity index (χ1n) is 41.3. The van der Waals surface area contributed by atoms with Crippen LogP contribution in [0.1, 0.15) is 118 Å². The lowest BCUT2D eigenvalue weighted by Gasteiger charge is -2.28. The van der Waals surface area contributed by atoms with Crippen molar-refractivity contribution in [3.05, 3.63) is 303 Å². The highest BCUT2D eigenvalue weighted by molar-refractivity contribution is 7.11. The van der Waals surface area contributed by atoms with Crippen molar-refractivity contribution < 1.29 is 41.8 Å². The van der Waals surface area contributed by atoms with Crippen LogP contribution < -0.4 is 41.8 Å². The highest BCUT2D eigenvalue weighted by atomic mass is 31.0. The minimum Gasteiger partial charge on any atom is -0.496 e. The first-order valence-corrected chi connectivity index (χ1v) is 43.2. The van der Waals surface area contributed by atoms with E-state index in [0.717, 1.165) is 132 Å². The topological polar surface area (TPSA) is 83.1 Å². The van der Waals surface area contributed by atoms with Crippen LogP contribution in [0.2, 0.25) is 0 Å². The molecule has 15 aromatic carbocycles. The van der Waals surface area contributed by atoms with E-state index in [1.165, 1.54) is 198 Å². The molecule has 4 aliphatic carbocycles. The zero-order valence-electron chi connectivity index (χ0n) is 69.3. The molecule has 4 atom stereocenters. The fraction of sp³-hybridized carbons (Fsp3) is 0.238. The number of hydrogen-bond acceptors (Lipinski definition) is 9. The normalized spacial score (nSPS) is 13.1. The molecule has 0 aliphatic heterocycles. The summed E-state index contributed by atoms with van der Waals surface area (Å²) in [4.78, 5) is 0. The average molecular weight is 1640 g/mol. The Morgan fingerprint density at radius 3 is 1.07 bits per heavy atom. The third-order valence-electron chi connectivity index (χ3n) is 24.2. The van der Waals surface area contributed by atoms with Crippen molar-refractivity contribution in [2.24, 2.45) is 0 Å². The van der Waals surface area contributed by atoms with Crippen LogP contribution in [0.25, 0.3) is 109 Å². The van der Waals surface area contributed by atoms with E-state index in [1.54, 1.807) is 35.5 Å². The molecule has 0 fully saturated rings. The molecular formula is C105H106O9P4. The van der Waals surface area contributed by atoms with E-state index in [2.05, 4.69) is 272 Å². The van der Waals surface area contributed by atoms with Crippen LogP contribution in [-0.2, 0) is 51.4 Å². The molecule has 0 saturated carbocycles. The zero-order chi connectivity index (χ0) is 81.9. The van der Waals surface area contributed by atoms with Crippen molar-refractivity contribution in [3.63, 3.8) is 0 Å². The summed E-state index contributed by atoms with van der Waals surface area (Å²) < 4.78 is 51.8. The smallest absolute Gasteiger partial charge is 0.134 e. The molecule has 19 rings (SSSR count). The Morgan fingerprint density at radius 2 is 0.568 bits per heavy atom. The average Bonchev–Trinajstić information content (AvgIpc) is 0.761. The molecule has 13 heteroatoms. The fourth-order valence-corrected chi connectivity index (χ4v) is 19.9. The molecule has 600 valence electrons. The summed E-state index contributed by atoms with van der Waals surface area (Å²) in [6, 6.07) is 82.5. The quantitative estimate of drug-likeness (QED) is 0.0989. The molecule has 9 nitrogen and oxygen atoms in total. The first kappa shape index (κ1) is 82.6. The van der Waals surface area contributed by atoms with E-state index in [4.69, 9.17) is 41.8 Å². The van der Waals surface area contributed by atoms with Crippen LogP contribution in [0.4, 0.5) is 0 Å². The van der Waals surface area contributed by atoms with Gasteiger partial charge in [0.05, 0.1) is 73.4 Å². The predicted octanol–water partition coefficient (Wildman–Crippen LogP) is 28.0. The van der Waals surface area contributed by atoms with Crippen LogP contribution in [0.5, 0.6) is 51.7 Å². The van der Waals surface area contributed by atoms with Gasteiger partial charge in [-0.3, -0.25) is 0 Å². The van der Waals surface area contributed by atoms with Gasteiger partial charge >= 0.3 is 0 Å². The Kier molecular flexibility index (Phi) is 26.6. The van der Waals surface area contributed by atoms with Crippen LogP contribution in [0.3, 0.4) is 0 Å². The summed E-state index contributed by atoms with van der Waals surface area (Å²) in [5, 5.41) is 11.7. The molecule has 0 amide bonds. The van der Waals surface area contributed by atoms with Crippen molar-refractivity contribution in [1.29, 1.82) is 0 Å². The lowest BCUT2D eigenvalue weighted by molar-refractivity contribution is 0.412. The number of ether oxygens (including phenoxy) is 5. The van der Waals surface area contributed by atoms with Crippen LogP contribution in [-0.4, -0.2) is 35.5 Å². The molecule has 4 unspecified atom stereocenters. The number of hydrogen-bond donors (Lipinski definition) is 0. The summed E-state index contributed by atoms with van der Waals surface area (Å²) in [5.41, 5.74) is 28.4. The third-order valence-corrected chi connectivity index (χ3v) is 25.2. The van der Waals surface area contributed by atoms with Crippen molar-refractivity contribution in [2.45, 2.75) is 130 Å². The van der Waals surface area contributed by atoms with Gasteiger partial charge in [0.1, 0.15) is 51.7 Å². The maximum absolute atomic E-state index is 5.92. The molecule has 15 aromatic rings. The first-order chi connectivity index (χ1) is 57.9. The monoisotopic (exact) mass is 1630 g/mol. The highest BCUT2D eigenvalue weighted by Gasteiger charge is 2.31.